The molecule has 1 N–H and O–H groups in total. The van der Waals surface area contributed by atoms with Crippen molar-refractivity contribution in [1.29, 1.82) is 0 Å². The number of amides is 4. The number of piperazine rings is 1. The fourth-order valence-corrected chi connectivity index (χ4v) is 8.39. The van der Waals surface area contributed by atoms with Crippen molar-refractivity contribution in [3.05, 3.63) is 80.6 Å². The van der Waals surface area contributed by atoms with Crippen LogP contribution in [0.3, 0.4) is 0 Å². The number of hydrogen-bond acceptors (Lipinski definition) is 9. The molecule has 5 rings (SSSR count). The maximum absolute atomic E-state index is 12.9. The van der Waals surface area contributed by atoms with Crippen LogP contribution >= 0.6 is 48.0 Å². The highest BCUT2D eigenvalue weighted by molar-refractivity contribution is 8.27. The van der Waals surface area contributed by atoms with Crippen LogP contribution in [0.5, 0.6) is 0 Å². The summed E-state index contributed by atoms with van der Waals surface area (Å²) in [5.74, 6) is -0.167. The van der Waals surface area contributed by atoms with Crippen LogP contribution in [0.4, 0.5) is 0 Å². The van der Waals surface area contributed by atoms with Gasteiger partial charge < -0.3 is 10.2 Å². The molecule has 264 valence electrons. The number of carbonyl (C=O) groups excluding carboxylic acids is 4. The molecule has 0 unspecified atom stereocenters. The minimum Gasteiger partial charge on any atom is -0.355 e. The van der Waals surface area contributed by atoms with E-state index in [1.54, 1.807) is 4.90 Å². The average Bonchev–Trinajstić information content (AvgIpc) is 3.52. The Kier molecular flexibility index (Phi) is 13.8. The minimum atomic E-state index is -0.163. The van der Waals surface area contributed by atoms with Crippen LogP contribution in [0, 0.1) is 13.8 Å². The number of carbonyl (C=O) groups is 4. The Morgan fingerprint density at radius 1 is 0.700 bits per heavy atom. The van der Waals surface area contributed by atoms with Gasteiger partial charge in [-0.3, -0.25) is 33.9 Å². The number of benzene rings is 2. The van der Waals surface area contributed by atoms with Gasteiger partial charge in [0.15, 0.2) is 0 Å². The van der Waals surface area contributed by atoms with Crippen LogP contribution in [0.2, 0.25) is 0 Å². The summed E-state index contributed by atoms with van der Waals surface area (Å²) in [6, 6.07) is 16.0. The SMILES string of the molecule is Cc1ccc(/C=C2\SC(=S)N(CCCCCC(=O)N3CCN(CCNC(=O)CCN4C(=O)/C(=C\c5ccc(C)cc5)SC4=S)CC3)C2=O)cc1. The second kappa shape index (κ2) is 18.2. The van der Waals surface area contributed by atoms with E-state index in [1.807, 2.05) is 79.4 Å². The second-order valence-corrected chi connectivity index (χ2v) is 16.0. The summed E-state index contributed by atoms with van der Waals surface area (Å²) in [7, 11) is 0. The number of nitrogens with zero attached hydrogens (tertiary/aromatic N) is 4. The predicted octanol–water partition coefficient (Wildman–Crippen LogP) is 5.62. The Balaban J connectivity index is 0.917. The molecule has 2 aromatic rings. The van der Waals surface area contributed by atoms with Crippen molar-refractivity contribution in [2.24, 2.45) is 0 Å². The lowest BCUT2D eigenvalue weighted by atomic mass is 10.1. The third-order valence-corrected chi connectivity index (χ3v) is 11.6. The van der Waals surface area contributed by atoms with Crippen molar-refractivity contribution in [3.8, 4) is 0 Å². The highest BCUT2D eigenvalue weighted by Crippen LogP contribution is 2.34. The molecule has 0 saturated carbocycles. The number of rotatable bonds is 14. The zero-order chi connectivity index (χ0) is 35.6. The molecule has 3 aliphatic heterocycles. The van der Waals surface area contributed by atoms with Gasteiger partial charge in [-0.2, -0.15) is 0 Å². The molecular formula is C37H43N5O4S4. The molecule has 2 aromatic carbocycles. The molecule has 0 atom stereocenters. The summed E-state index contributed by atoms with van der Waals surface area (Å²) in [4.78, 5) is 59.7. The van der Waals surface area contributed by atoms with Crippen molar-refractivity contribution in [3.63, 3.8) is 0 Å². The van der Waals surface area contributed by atoms with Gasteiger partial charge >= 0.3 is 0 Å². The lowest BCUT2D eigenvalue weighted by molar-refractivity contribution is -0.133. The first kappa shape index (κ1) is 37.9. The Morgan fingerprint density at radius 2 is 1.22 bits per heavy atom. The minimum absolute atomic E-state index is 0.0440. The maximum Gasteiger partial charge on any atom is 0.266 e. The van der Waals surface area contributed by atoms with Gasteiger partial charge in [0.2, 0.25) is 11.8 Å². The summed E-state index contributed by atoms with van der Waals surface area (Å²) in [5.41, 5.74) is 4.25. The zero-order valence-electron chi connectivity index (χ0n) is 28.5. The summed E-state index contributed by atoms with van der Waals surface area (Å²) in [6.07, 6.45) is 6.82. The van der Waals surface area contributed by atoms with E-state index in [1.165, 1.54) is 34.0 Å². The molecule has 3 saturated heterocycles. The highest BCUT2D eigenvalue weighted by atomic mass is 32.2. The van der Waals surface area contributed by atoms with Gasteiger partial charge in [0.25, 0.3) is 11.8 Å². The van der Waals surface area contributed by atoms with E-state index in [2.05, 4.69) is 10.2 Å². The zero-order valence-corrected chi connectivity index (χ0v) is 31.8. The van der Waals surface area contributed by atoms with E-state index in [-0.39, 0.29) is 36.6 Å². The molecular weight excluding hydrogens is 707 g/mol. The second-order valence-electron chi connectivity index (χ2n) is 12.6. The van der Waals surface area contributed by atoms with Crippen LogP contribution in [0.1, 0.15) is 54.4 Å². The summed E-state index contributed by atoms with van der Waals surface area (Å²) in [6.45, 7) is 8.92. The van der Waals surface area contributed by atoms with Gasteiger partial charge in [-0.1, -0.05) is 114 Å². The van der Waals surface area contributed by atoms with Gasteiger partial charge in [-0.15, -0.1) is 0 Å². The number of thiocarbonyl (C=S) groups is 2. The van der Waals surface area contributed by atoms with E-state index in [0.717, 1.165) is 49.0 Å². The molecule has 3 fully saturated rings. The van der Waals surface area contributed by atoms with E-state index in [4.69, 9.17) is 24.4 Å². The molecule has 3 aliphatic rings. The molecule has 0 aromatic heterocycles. The van der Waals surface area contributed by atoms with Crippen molar-refractivity contribution in [2.75, 3.05) is 52.4 Å². The summed E-state index contributed by atoms with van der Waals surface area (Å²) < 4.78 is 1.06. The fourth-order valence-electron chi connectivity index (χ4n) is 5.77. The van der Waals surface area contributed by atoms with Gasteiger partial charge in [-0.05, 0) is 50.0 Å². The average molecular weight is 750 g/mol. The quantitative estimate of drug-likeness (QED) is 0.150. The largest absolute Gasteiger partial charge is 0.355 e. The van der Waals surface area contributed by atoms with Crippen molar-refractivity contribution < 1.29 is 19.2 Å². The molecule has 9 nitrogen and oxygen atoms in total. The molecule has 50 heavy (non-hydrogen) atoms. The van der Waals surface area contributed by atoms with Crippen molar-refractivity contribution >= 4 is 92.4 Å². The Morgan fingerprint density at radius 3 is 1.76 bits per heavy atom. The van der Waals surface area contributed by atoms with E-state index in [9.17, 15) is 19.2 Å². The van der Waals surface area contributed by atoms with Gasteiger partial charge in [0.05, 0.1) is 9.81 Å². The molecule has 0 aliphatic carbocycles. The molecule has 0 spiro atoms. The van der Waals surface area contributed by atoms with E-state index < -0.39 is 0 Å². The molecule has 0 radical (unpaired) electrons. The Hall–Kier alpha value is -3.36. The first-order valence-electron chi connectivity index (χ1n) is 17.0. The van der Waals surface area contributed by atoms with Crippen LogP contribution in [-0.4, -0.2) is 104 Å². The fraction of sp³-hybridized carbons (Fsp3) is 0.405. The maximum atomic E-state index is 12.9. The summed E-state index contributed by atoms with van der Waals surface area (Å²) in [5, 5.41) is 2.95. The third-order valence-electron chi connectivity index (χ3n) is 8.81. The number of thioether (sulfide) groups is 2. The van der Waals surface area contributed by atoms with Crippen molar-refractivity contribution in [1.82, 2.24) is 24.9 Å². The van der Waals surface area contributed by atoms with Crippen LogP contribution in [0.25, 0.3) is 12.2 Å². The topological polar surface area (TPSA) is 93.3 Å². The number of unbranched alkanes of at least 4 members (excludes halogenated alkanes) is 2. The van der Waals surface area contributed by atoms with Gasteiger partial charge in [0.1, 0.15) is 8.64 Å². The molecule has 3 heterocycles. The molecule has 13 heteroatoms. The van der Waals surface area contributed by atoms with E-state index in [0.29, 0.717) is 57.6 Å². The first-order chi connectivity index (χ1) is 24.1. The van der Waals surface area contributed by atoms with Gasteiger partial charge in [0, 0.05) is 65.2 Å². The molecule has 0 bridgehead atoms. The van der Waals surface area contributed by atoms with Crippen molar-refractivity contribution in [2.45, 2.75) is 46.0 Å². The summed E-state index contributed by atoms with van der Waals surface area (Å²) >= 11 is 13.5. The highest BCUT2D eigenvalue weighted by Gasteiger charge is 2.33. The van der Waals surface area contributed by atoms with Crippen LogP contribution in [0.15, 0.2) is 58.3 Å². The van der Waals surface area contributed by atoms with Gasteiger partial charge in [-0.25, -0.2) is 0 Å². The lowest BCUT2D eigenvalue weighted by Crippen LogP contribution is -2.50. The smallest absolute Gasteiger partial charge is 0.266 e. The number of nitrogens with one attached hydrogen (secondary N) is 1. The lowest BCUT2D eigenvalue weighted by Gasteiger charge is -2.34. The first-order valence-corrected chi connectivity index (χ1v) is 19.4. The normalized spacial score (nSPS) is 18.6. The van der Waals surface area contributed by atoms with Crippen LogP contribution in [-0.2, 0) is 19.2 Å². The Labute approximate surface area is 313 Å². The predicted molar refractivity (Wildman–Crippen MR) is 211 cm³/mol. The number of aryl methyl sites for hydroxylation is 2. The van der Waals surface area contributed by atoms with Crippen LogP contribution < -0.4 is 5.32 Å². The number of hydrogen-bond donors (Lipinski definition) is 1. The molecule has 4 amide bonds. The van der Waals surface area contributed by atoms with E-state index >= 15 is 0 Å². The monoisotopic (exact) mass is 749 g/mol. The third kappa shape index (κ3) is 10.6. The Bertz CT molecular complexity index is 1670. The standard InChI is InChI=1S/C37H43N5O4S4/c1-26-7-11-28(12-8-26)24-30-34(45)41(36(47)49-30)17-5-3-4-6-33(44)40-22-20-39(21-23-40)19-16-38-32(43)15-18-42-35(46)31(50-37(42)48)25-29-13-9-27(2)10-14-29/h7-14,24-25H,3-6,15-23H2,1-2H3,(H,38,43)/b30-24-,31-25+.